The Hall–Kier alpha value is -2.67. The Morgan fingerprint density at radius 1 is 1.19 bits per heavy atom. The highest BCUT2D eigenvalue weighted by Gasteiger charge is 2.21. The third-order valence-corrected chi connectivity index (χ3v) is 5.06. The maximum Gasteiger partial charge on any atom is 0.303 e. The van der Waals surface area contributed by atoms with Gasteiger partial charge in [-0.3, -0.25) is 14.4 Å². The molecule has 4 N–H and O–H groups in total. The fraction of sp³-hybridized carbons (Fsp3) is 0.316. The van der Waals surface area contributed by atoms with E-state index in [9.17, 15) is 14.4 Å². The number of carboxylic acids is 1. The van der Waals surface area contributed by atoms with Gasteiger partial charge in [0.05, 0.1) is 5.56 Å². The molecule has 1 unspecified atom stereocenters. The van der Waals surface area contributed by atoms with Crippen LogP contribution in [0.5, 0.6) is 0 Å². The minimum atomic E-state index is -0.948. The number of carboxylic acid groups (broad SMARTS) is 1. The molecule has 26 heavy (non-hydrogen) atoms. The largest absolute Gasteiger partial charge is 0.481 e. The van der Waals surface area contributed by atoms with Crippen LogP contribution in [0.3, 0.4) is 0 Å². The van der Waals surface area contributed by atoms with E-state index in [4.69, 9.17) is 10.8 Å². The lowest BCUT2D eigenvalue weighted by molar-refractivity contribution is -0.138. The normalized spacial score (nSPS) is 11.8. The molecule has 0 spiro atoms. The van der Waals surface area contributed by atoms with Gasteiger partial charge >= 0.3 is 5.97 Å². The van der Waals surface area contributed by atoms with Crippen LogP contribution < -0.4 is 11.1 Å². The van der Waals surface area contributed by atoms with E-state index in [2.05, 4.69) is 5.32 Å². The average Bonchev–Trinajstić information content (AvgIpc) is 2.92. The number of aryl methyl sites for hydroxylation is 2. The first-order valence-electron chi connectivity index (χ1n) is 8.19. The van der Waals surface area contributed by atoms with Crippen LogP contribution in [0.15, 0.2) is 23.6 Å². The number of carbonyl (C=O) groups is 3. The number of amides is 2. The van der Waals surface area contributed by atoms with Crippen molar-refractivity contribution in [2.45, 2.75) is 33.6 Å². The van der Waals surface area contributed by atoms with Crippen molar-refractivity contribution in [1.29, 1.82) is 0 Å². The van der Waals surface area contributed by atoms with Crippen LogP contribution in [0, 0.1) is 19.8 Å². The van der Waals surface area contributed by atoms with Crippen LogP contribution in [-0.4, -0.2) is 22.9 Å². The molecule has 1 aromatic heterocycles. The van der Waals surface area contributed by atoms with Gasteiger partial charge in [0.1, 0.15) is 5.00 Å². The fourth-order valence-corrected chi connectivity index (χ4v) is 3.67. The third kappa shape index (κ3) is 4.70. The summed E-state index contributed by atoms with van der Waals surface area (Å²) in [5.74, 6) is -2.21. The molecular formula is C19H22N2O4S. The number of hydrogen-bond acceptors (Lipinski definition) is 4. The number of rotatable bonds is 7. The van der Waals surface area contributed by atoms with E-state index < -0.39 is 11.9 Å². The molecule has 0 aliphatic carbocycles. The van der Waals surface area contributed by atoms with E-state index in [1.807, 2.05) is 32.0 Å². The molecule has 0 aliphatic heterocycles. The van der Waals surface area contributed by atoms with Crippen molar-refractivity contribution in [1.82, 2.24) is 0 Å². The molecule has 0 aliphatic rings. The van der Waals surface area contributed by atoms with Crippen molar-refractivity contribution in [3.05, 3.63) is 40.3 Å². The Morgan fingerprint density at radius 3 is 2.46 bits per heavy atom. The first-order valence-corrected chi connectivity index (χ1v) is 9.07. The number of thiophene rings is 1. The topological polar surface area (TPSA) is 109 Å². The number of carbonyl (C=O) groups excluding carboxylic acids is 2. The summed E-state index contributed by atoms with van der Waals surface area (Å²) < 4.78 is 0. The first-order chi connectivity index (χ1) is 12.2. The Labute approximate surface area is 156 Å². The number of nitrogens with two attached hydrogens (primary N) is 1. The first kappa shape index (κ1) is 19.7. The minimum absolute atomic E-state index is 0.0569. The highest BCUT2D eigenvalue weighted by molar-refractivity contribution is 7.15. The molecule has 138 valence electrons. The summed E-state index contributed by atoms with van der Waals surface area (Å²) in [6, 6.07) is 5.86. The van der Waals surface area contributed by atoms with Gasteiger partial charge in [-0.2, -0.15) is 0 Å². The van der Waals surface area contributed by atoms with Crippen LogP contribution in [-0.2, 0) is 9.59 Å². The summed E-state index contributed by atoms with van der Waals surface area (Å²) in [4.78, 5) is 34.9. The predicted molar refractivity (Wildman–Crippen MR) is 102 cm³/mol. The summed E-state index contributed by atoms with van der Waals surface area (Å²) in [6.07, 6.45) is -0.0319. The standard InChI is InChI=1S/C19H22N2O4S/c1-10(7-16(23)24)6-15(22)21-19-17(18(20)25)14(9-26-19)13-5-4-11(2)12(3)8-13/h4-5,8-10H,6-7H2,1-3H3,(H2,20,25)(H,21,22)(H,23,24). The van der Waals surface area contributed by atoms with Gasteiger partial charge in [0.25, 0.3) is 5.91 Å². The highest BCUT2D eigenvalue weighted by Crippen LogP contribution is 2.36. The Bertz CT molecular complexity index is 857. The molecule has 2 amide bonds. The lowest BCUT2D eigenvalue weighted by atomic mass is 9.99. The van der Waals surface area contributed by atoms with E-state index in [0.717, 1.165) is 16.7 Å². The van der Waals surface area contributed by atoms with Gasteiger partial charge < -0.3 is 16.2 Å². The summed E-state index contributed by atoms with van der Waals surface area (Å²) >= 11 is 1.23. The highest BCUT2D eigenvalue weighted by atomic mass is 32.1. The molecule has 6 nitrogen and oxygen atoms in total. The number of anilines is 1. The number of nitrogens with one attached hydrogen (secondary N) is 1. The van der Waals surface area contributed by atoms with Gasteiger partial charge in [-0.1, -0.05) is 25.1 Å². The van der Waals surface area contributed by atoms with Gasteiger partial charge in [0.2, 0.25) is 5.91 Å². The molecule has 0 saturated heterocycles. The molecule has 0 bridgehead atoms. The van der Waals surface area contributed by atoms with Gasteiger partial charge in [0, 0.05) is 23.8 Å². The number of primary amides is 1. The Balaban J connectivity index is 2.26. The van der Waals surface area contributed by atoms with Crippen LogP contribution in [0.1, 0.15) is 41.3 Å². The second-order valence-electron chi connectivity index (χ2n) is 6.47. The molecule has 2 rings (SSSR count). The van der Waals surface area contributed by atoms with Gasteiger partial charge in [-0.25, -0.2) is 0 Å². The summed E-state index contributed by atoms with van der Waals surface area (Å²) in [5, 5.41) is 13.7. The zero-order chi connectivity index (χ0) is 19.4. The average molecular weight is 374 g/mol. The van der Waals surface area contributed by atoms with E-state index in [-0.39, 0.29) is 30.2 Å². The van der Waals surface area contributed by atoms with Crippen molar-refractivity contribution < 1.29 is 19.5 Å². The van der Waals surface area contributed by atoms with E-state index in [1.54, 1.807) is 12.3 Å². The maximum absolute atomic E-state index is 12.2. The molecule has 0 fully saturated rings. The molecule has 7 heteroatoms. The van der Waals surface area contributed by atoms with Gasteiger partial charge in [-0.05, 0) is 36.5 Å². The maximum atomic E-state index is 12.2. The third-order valence-electron chi connectivity index (χ3n) is 4.17. The van der Waals surface area contributed by atoms with Crippen LogP contribution in [0.4, 0.5) is 5.00 Å². The summed E-state index contributed by atoms with van der Waals surface area (Å²) in [5.41, 5.74) is 9.60. The summed E-state index contributed by atoms with van der Waals surface area (Å²) in [7, 11) is 0. The monoisotopic (exact) mass is 374 g/mol. The van der Waals surface area contributed by atoms with Crippen molar-refractivity contribution in [3.8, 4) is 11.1 Å². The zero-order valence-electron chi connectivity index (χ0n) is 15.0. The lowest BCUT2D eigenvalue weighted by Crippen LogP contribution is -2.19. The molecule has 1 heterocycles. The van der Waals surface area contributed by atoms with Crippen LogP contribution in [0.25, 0.3) is 11.1 Å². The Kier molecular flexibility index (Phi) is 6.15. The number of aliphatic carboxylic acids is 1. The predicted octanol–water partition coefficient (Wildman–Crippen LogP) is 3.57. The van der Waals surface area contributed by atoms with Crippen molar-refractivity contribution in [3.63, 3.8) is 0 Å². The number of benzene rings is 1. The minimum Gasteiger partial charge on any atom is -0.481 e. The molecule has 1 atom stereocenters. The van der Waals surface area contributed by atoms with Crippen LogP contribution in [0.2, 0.25) is 0 Å². The zero-order valence-corrected chi connectivity index (χ0v) is 15.8. The smallest absolute Gasteiger partial charge is 0.303 e. The lowest BCUT2D eigenvalue weighted by Gasteiger charge is -2.10. The Morgan fingerprint density at radius 2 is 1.88 bits per heavy atom. The van der Waals surface area contributed by atoms with E-state index in [1.165, 1.54) is 11.3 Å². The van der Waals surface area contributed by atoms with E-state index >= 15 is 0 Å². The van der Waals surface area contributed by atoms with E-state index in [0.29, 0.717) is 10.6 Å². The molecule has 1 aromatic carbocycles. The second-order valence-corrected chi connectivity index (χ2v) is 7.35. The molecule has 0 saturated carbocycles. The van der Waals surface area contributed by atoms with Crippen molar-refractivity contribution in [2.75, 3.05) is 5.32 Å². The SMILES string of the molecule is Cc1ccc(-c2csc(NC(=O)CC(C)CC(=O)O)c2C(N)=O)cc1C. The molecule has 0 radical (unpaired) electrons. The fourth-order valence-electron chi connectivity index (χ4n) is 2.68. The molecule has 2 aromatic rings. The summed E-state index contributed by atoms with van der Waals surface area (Å²) in [6.45, 7) is 5.69. The van der Waals surface area contributed by atoms with Crippen LogP contribution >= 0.6 is 11.3 Å². The quantitative estimate of drug-likeness (QED) is 0.688. The van der Waals surface area contributed by atoms with Crippen molar-refractivity contribution >= 4 is 34.1 Å². The molecular weight excluding hydrogens is 352 g/mol. The van der Waals surface area contributed by atoms with Gasteiger partial charge in [0.15, 0.2) is 0 Å². The van der Waals surface area contributed by atoms with Gasteiger partial charge in [-0.15, -0.1) is 11.3 Å². The second kappa shape index (κ2) is 8.14. The van der Waals surface area contributed by atoms with Crippen molar-refractivity contribution in [2.24, 2.45) is 11.7 Å². The number of hydrogen-bond donors (Lipinski definition) is 3.